The van der Waals surface area contributed by atoms with Gasteiger partial charge in [0.2, 0.25) is 11.8 Å². The molecule has 1 aliphatic carbocycles. The van der Waals surface area contributed by atoms with Crippen LogP contribution in [0.15, 0.2) is 35.3 Å². The number of halogens is 2. The number of piperidine rings is 1. The van der Waals surface area contributed by atoms with Crippen molar-refractivity contribution < 1.29 is 18.3 Å². The number of carbonyl (C=O) groups is 1. The molecule has 4 rings (SSSR count). The molecule has 1 saturated heterocycles. The first-order chi connectivity index (χ1) is 16.3. The normalized spacial score (nSPS) is 22.0. The van der Waals surface area contributed by atoms with Crippen LogP contribution in [0.5, 0.6) is 5.88 Å². The van der Waals surface area contributed by atoms with Gasteiger partial charge in [0.25, 0.3) is 0 Å². The fourth-order valence-electron chi connectivity index (χ4n) is 4.95. The van der Waals surface area contributed by atoms with Crippen LogP contribution < -0.4 is 15.8 Å². The van der Waals surface area contributed by atoms with Crippen LogP contribution in [-0.4, -0.2) is 54.4 Å². The van der Waals surface area contributed by atoms with E-state index in [1.165, 1.54) is 0 Å². The number of nitrogens with one attached hydrogen (secondary N) is 1. The predicted molar refractivity (Wildman–Crippen MR) is 130 cm³/mol. The van der Waals surface area contributed by atoms with Crippen LogP contribution in [0.25, 0.3) is 10.9 Å². The van der Waals surface area contributed by atoms with Gasteiger partial charge in [-0.1, -0.05) is 12.1 Å². The molecule has 184 valence electrons. The maximum atomic E-state index is 13.4. The fraction of sp³-hybridized carbons (Fsp3) is 0.560. The summed E-state index contributed by atoms with van der Waals surface area (Å²) < 4.78 is 32.0. The van der Waals surface area contributed by atoms with Gasteiger partial charge < -0.3 is 20.7 Å². The van der Waals surface area contributed by atoms with E-state index in [1.807, 2.05) is 18.2 Å². The van der Waals surface area contributed by atoms with Gasteiger partial charge in [0, 0.05) is 36.8 Å². The number of methoxy groups -OCH3 is 1. The molecule has 2 aliphatic rings. The van der Waals surface area contributed by atoms with Crippen molar-refractivity contribution in [3.63, 3.8) is 0 Å². The number of hydrogen-bond donors (Lipinski definition) is 2. The molecule has 1 aliphatic heterocycles. The molecule has 7 nitrogen and oxygen atoms in total. The van der Waals surface area contributed by atoms with Crippen molar-refractivity contribution in [3.8, 4) is 5.88 Å². The highest BCUT2D eigenvalue weighted by molar-refractivity contribution is 6.04. The number of para-hydroxylation sites is 1. The zero-order valence-electron chi connectivity index (χ0n) is 19.6. The Kier molecular flexibility index (Phi) is 7.60. The summed E-state index contributed by atoms with van der Waals surface area (Å²) in [6.07, 6.45) is 3.99. The molecule has 0 spiro atoms. The maximum absolute atomic E-state index is 13.4. The van der Waals surface area contributed by atoms with E-state index < -0.39 is 12.0 Å². The van der Waals surface area contributed by atoms with E-state index in [0.29, 0.717) is 41.7 Å². The molecule has 1 aromatic carbocycles. The first kappa shape index (κ1) is 24.3. The molecule has 1 saturated carbocycles. The molecule has 1 unspecified atom stereocenters. The summed E-state index contributed by atoms with van der Waals surface area (Å²) in [5.74, 6) is -1.33. The summed E-state index contributed by atoms with van der Waals surface area (Å²) in [5, 5.41) is 3.67. The lowest BCUT2D eigenvalue weighted by Gasteiger charge is -2.34. The van der Waals surface area contributed by atoms with Gasteiger partial charge in [-0.25, -0.2) is 18.6 Å². The Morgan fingerprint density at radius 3 is 2.82 bits per heavy atom. The number of amidine groups is 1. The van der Waals surface area contributed by atoms with E-state index >= 15 is 0 Å². The van der Waals surface area contributed by atoms with Crippen LogP contribution >= 0.6 is 0 Å². The van der Waals surface area contributed by atoms with Gasteiger partial charge in [-0.05, 0) is 63.2 Å². The number of anilines is 1. The van der Waals surface area contributed by atoms with Crippen LogP contribution in [-0.2, 0) is 0 Å². The van der Waals surface area contributed by atoms with Crippen molar-refractivity contribution in [3.05, 3.63) is 30.3 Å². The molecule has 0 bridgehead atoms. The smallest absolute Gasteiger partial charge is 0.347 e. The molecule has 2 fully saturated rings. The van der Waals surface area contributed by atoms with E-state index in [4.69, 9.17) is 10.5 Å². The van der Waals surface area contributed by atoms with Crippen molar-refractivity contribution >= 4 is 28.5 Å². The molecule has 2 aromatic rings. The summed E-state index contributed by atoms with van der Waals surface area (Å²) in [6, 6.07) is 8.62. The van der Waals surface area contributed by atoms with Gasteiger partial charge >= 0.3 is 6.03 Å². The highest BCUT2D eigenvalue weighted by Gasteiger charge is 2.35. The van der Waals surface area contributed by atoms with Crippen LogP contribution in [0.4, 0.5) is 19.3 Å². The number of amides is 2. The number of benzene rings is 1. The first-order valence-electron chi connectivity index (χ1n) is 12.0. The molecule has 2 heterocycles. The zero-order valence-corrected chi connectivity index (χ0v) is 19.6. The summed E-state index contributed by atoms with van der Waals surface area (Å²) in [6.45, 7) is 2.57. The Labute approximate surface area is 198 Å². The van der Waals surface area contributed by atoms with Crippen LogP contribution in [0.1, 0.15) is 44.9 Å². The van der Waals surface area contributed by atoms with Crippen molar-refractivity contribution in [2.24, 2.45) is 22.6 Å². The second-order valence-electron chi connectivity index (χ2n) is 9.43. The Balaban J connectivity index is 1.33. The highest BCUT2D eigenvalue weighted by atomic mass is 19.3. The van der Waals surface area contributed by atoms with E-state index in [2.05, 4.69) is 20.2 Å². The number of rotatable bonds is 6. The molecule has 3 N–H and O–H groups in total. The van der Waals surface area contributed by atoms with Gasteiger partial charge in [0.05, 0.1) is 18.3 Å². The zero-order chi connectivity index (χ0) is 24.1. The number of aliphatic imine (C=N–C) groups is 1. The predicted octanol–water partition coefficient (Wildman–Crippen LogP) is 5.06. The first-order valence-corrected chi connectivity index (χ1v) is 12.0. The minimum atomic E-state index is -2.48. The van der Waals surface area contributed by atoms with E-state index in [-0.39, 0.29) is 18.8 Å². The molecule has 9 heteroatoms. The number of alkyl halides is 2. The van der Waals surface area contributed by atoms with Crippen molar-refractivity contribution in [2.75, 3.05) is 32.1 Å². The lowest BCUT2D eigenvalue weighted by atomic mass is 9.84. The van der Waals surface area contributed by atoms with Gasteiger partial charge in [-0.2, -0.15) is 4.99 Å². The van der Waals surface area contributed by atoms with Crippen molar-refractivity contribution in [1.82, 2.24) is 9.88 Å². The third-order valence-electron chi connectivity index (χ3n) is 6.99. The maximum Gasteiger partial charge on any atom is 0.347 e. The number of hydrogen-bond acceptors (Lipinski definition) is 4. The SMILES string of the molecule is COc1ccc2cccc(NC(=O)/N=C(\N)C3CCCN(CCC4CCC(F)(F)CC4)C3)c2n1. The number of nitrogens with two attached hydrogens (primary N) is 1. The number of likely N-dealkylation sites (tertiary alicyclic amines) is 1. The van der Waals surface area contributed by atoms with Crippen LogP contribution in [0, 0.1) is 11.8 Å². The minimum Gasteiger partial charge on any atom is -0.481 e. The fourth-order valence-corrected chi connectivity index (χ4v) is 4.95. The molecular weight excluding hydrogens is 440 g/mol. The summed E-state index contributed by atoms with van der Waals surface area (Å²) >= 11 is 0. The number of pyridine rings is 1. The largest absolute Gasteiger partial charge is 0.481 e. The van der Waals surface area contributed by atoms with Gasteiger partial charge in [0.15, 0.2) is 0 Å². The minimum absolute atomic E-state index is 0.000857. The Bertz CT molecular complexity index is 1040. The van der Waals surface area contributed by atoms with Crippen molar-refractivity contribution in [1.29, 1.82) is 0 Å². The summed E-state index contributed by atoms with van der Waals surface area (Å²) in [5.41, 5.74) is 7.40. The van der Waals surface area contributed by atoms with Crippen LogP contribution in [0.2, 0.25) is 0 Å². The number of ether oxygens (including phenoxy) is 1. The monoisotopic (exact) mass is 473 g/mol. The number of aromatic nitrogens is 1. The molecule has 1 atom stereocenters. The van der Waals surface area contributed by atoms with E-state index in [0.717, 1.165) is 44.3 Å². The molecule has 1 aromatic heterocycles. The van der Waals surface area contributed by atoms with Gasteiger partial charge in [-0.15, -0.1) is 0 Å². The Hall–Kier alpha value is -2.81. The number of nitrogens with zero attached hydrogens (tertiary/aromatic N) is 3. The summed E-state index contributed by atoms with van der Waals surface area (Å²) in [7, 11) is 1.54. The quantitative estimate of drug-likeness (QED) is 0.452. The third kappa shape index (κ3) is 6.20. The summed E-state index contributed by atoms with van der Waals surface area (Å²) in [4.78, 5) is 23.5. The molecule has 0 radical (unpaired) electrons. The van der Waals surface area contributed by atoms with Gasteiger partial charge in [0.1, 0.15) is 5.84 Å². The van der Waals surface area contributed by atoms with Gasteiger partial charge in [-0.3, -0.25) is 0 Å². The van der Waals surface area contributed by atoms with Crippen molar-refractivity contribution in [2.45, 2.75) is 50.9 Å². The average molecular weight is 474 g/mol. The Morgan fingerprint density at radius 1 is 1.26 bits per heavy atom. The average Bonchev–Trinajstić information content (AvgIpc) is 2.83. The lowest BCUT2D eigenvalue weighted by Crippen LogP contribution is -2.42. The second-order valence-corrected chi connectivity index (χ2v) is 9.43. The number of urea groups is 1. The van der Waals surface area contributed by atoms with E-state index in [1.54, 1.807) is 19.2 Å². The van der Waals surface area contributed by atoms with E-state index in [9.17, 15) is 13.6 Å². The molecule has 2 amide bonds. The second kappa shape index (κ2) is 10.6. The standard InChI is InChI=1S/C25H33F2N5O2/c1-34-21-8-7-18-4-2-6-20(22(18)30-21)29-24(33)31-23(28)19-5-3-14-32(16-19)15-11-17-9-12-25(26,27)13-10-17/h2,4,6-8,17,19H,3,5,9-16H2,1H3,(H3,28,29,31,33). The highest BCUT2D eigenvalue weighted by Crippen LogP contribution is 2.37. The Morgan fingerprint density at radius 2 is 2.06 bits per heavy atom. The third-order valence-corrected chi connectivity index (χ3v) is 6.99. The topological polar surface area (TPSA) is 92.8 Å². The van der Waals surface area contributed by atoms with Crippen LogP contribution in [0.3, 0.4) is 0 Å². The molecular formula is C25H33F2N5O2. The molecule has 34 heavy (non-hydrogen) atoms. The number of carbonyl (C=O) groups excluding carboxylic acids is 1. The lowest BCUT2D eigenvalue weighted by molar-refractivity contribution is -0.0473. The number of fused-ring (bicyclic) bond motifs is 1.